The fourth-order valence-electron chi connectivity index (χ4n) is 3.20. The molecular formula is C17H21N3O3S. The summed E-state index contributed by atoms with van der Waals surface area (Å²) in [6, 6.07) is 10.1. The van der Waals surface area contributed by atoms with Gasteiger partial charge in [-0.1, -0.05) is 35.5 Å². The summed E-state index contributed by atoms with van der Waals surface area (Å²) >= 11 is 0. The third-order valence-corrected chi connectivity index (χ3v) is 6.46. The van der Waals surface area contributed by atoms with Gasteiger partial charge in [-0.2, -0.15) is 4.98 Å². The van der Waals surface area contributed by atoms with E-state index in [-0.39, 0.29) is 17.5 Å². The molecule has 128 valence electrons. The van der Waals surface area contributed by atoms with Crippen molar-refractivity contribution in [1.82, 2.24) is 15.0 Å². The number of hydrogen-bond acceptors (Lipinski definition) is 6. The zero-order chi connectivity index (χ0) is 16.6. The van der Waals surface area contributed by atoms with Gasteiger partial charge >= 0.3 is 0 Å². The minimum atomic E-state index is -2.93. The van der Waals surface area contributed by atoms with Crippen LogP contribution in [0.1, 0.15) is 42.5 Å². The standard InChI is InChI=1S/C17H21N3O3S/c21-24(22)9-8-15(12-24)20(10-13-4-2-1-3-5-13)11-16-18-17(23-19-16)14-6-7-14/h1-5,14-15H,6-12H2. The first-order valence-corrected chi connectivity index (χ1v) is 10.2. The molecule has 1 aliphatic heterocycles. The van der Waals surface area contributed by atoms with Crippen LogP contribution < -0.4 is 0 Å². The Hall–Kier alpha value is -1.73. The van der Waals surface area contributed by atoms with Crippen molar-refractivity contribution in [3.05, 3.63) is 47.6 Å². The monoisotopic (exact) mass is 347 g/mol. The average molecular weight is 347 g/mol. The summed E-state index contributed by atoms with van der Waals surface area (Å²) in [5.41, 5.74) is 1.16. The highest BCUT2D eigenvalue weighted by Gasteiger charge is 2.34. The second-order valence-corrected chi connectivity index (χ2v) is 9.00. The number of nitrogens with zero attached hydrogens (tertiary/aromatic N) is 3. The topological polar surface area (TPSA) is 76.3 Å². The molecule has 0 amide bonds. The second kappa shape index (κ2) is 6.29. The molecule has 2 fully saturated rings. The predicted molar refractivity (Wildman–Crippen MR) is 89.0 cm³/mol. The summed E-state index contributed by atoms with van der Waals surface area (Å²) in [5.74, 6) is 2.29. The summed E-state index contributed by atoms with van der Waals surface area (Å²) in [4.78, 5) is 6.66. The first kappa shape index (κ1) is 15.8. The van der Waals surface area contributed by atoms with Crippen LogP contribution in [-0.2, 0) is 22.9 Å². The average Bonchev–Trinajstić information content (AvgIpc) is 3.20. The first-order chi connectivity index (χ1) is 11.6. The first-order valence-electron chi connectivity index (χ1n) is 8.40. The highest BCUT2D eigenvalue weighted by Crippen LogP contribution is 2.38. The van der Waals surface area contributed by atoms with Crippen LogP contribution in [-0.4, -0.2) is 41.0 Å². The molecule has 7 heteroatoms. The molecule has 0 N–H and O–H groups in total. The lowest BCUT2D eigenvalue weighted by atomic mass is 10.1. The van der Waals surface area contributed by atoms with Crippen LogP contribution >= 0.6 is 0 Å². The number of rotatable bonds is 6. The quantitative estimate of drug-likeness (QED) is 0.797. The van der Waals surface area contributed by atoms with E-state index in [2.05, 4.69) is 27.2 Å². The van der Waals surface area contributed by atoms with Gasteiger partial charge in [-0.15, -0.1) is 0 Å². The van der Waals surface area contributed by atoms with Crippen LogP contribution in [0.3, 0.4) is 0 Å². The molecule has 1 aromatic heterocycles. The van der Waals surface area contributed by atoms with Crippen LogP contribution in [0.25, 0.3) is 0 Å². The van der Waals surface area contributed by atoms with Crippen molar-refractivity contribution in [2.45, 2.75) is 44.3 Å². The van der Waals surface area contributed by atoms with Crippen molar-refractivity contribution in [2.75, 3.05) is 11.5 Å². The van der Waals surface area contributed by atoms with E-state index in [9.17, 15) is 8.42 Å². The van der Waals surface area contributed by atoms with E-state index >= 15 is 0 Å². The van der Waals surface area contributed by atoms with Crippen LogP contribution in [0.5, 0.6) is 0 Å². The summed E-state index contributed by atoms with van der Waals surface area (Å²) in [6.07, 6.45) is 2.91. The van der Waals surface area contributed by atoms with Gasteiger partial charge in [0.15, 0.2) is 15.7 Å². The summed E-state index contributed by atoms with van der Waals surface area (Å²) in [7, 11) is -2.93. The molecule has 1 saturated carbocycles. The van der Waals surface area contributed by atoms with Crippen molar-refractivity contribution in [2.24, 2.45) is 0 Å². The smallest absolute Gasteiger partial charge is 0.229 e. The molecule has 1 saturated heterocycles. The van der Waals surface area contributed by atoms with Crippen molar-refractivity contribution >= 4 is 9.84 Å². The van der Waals surface area contributed by atoms with E-state index in [1.54, 1.807) is 0 Å². The van der Waals surface area contributed by atoms with E-state index in [0.29, 0.717) is 31.3 Å². The SMILES string of the molecule is O=S1(=O)CCC(N(Cc2ccccc2)Cc2noc(C3CC3)n2)C1. The van der Waals surface area contributed by atoms with E-state index in [1.165, 1.54) is 0 Å². The highest BCUT2D eigenvalue weighted by molar-refractivity contribution is 7.91. The molecule has 0 spiro atoms. The number of hydrogen-bond donors (Lipinski definition) is 0. The molecule has 0 bridgehead atoms. The predicted octanol–water partition coefficient (Wildman–Crippen LogP) is 2.14. The van der Waals surface area contributed by atoms with Gasteiger partial charge in [0.1, 0.15) is 0 Å². The fourth-order valence-corrected chi connectivity index (χ4v) is 4.97. The van der Waals surface area contributed by atoms with E-state index in [0.717, 1.165) is 24.3 Å². The highest BCUT2D eigenvalue weighted by atomic mass is 32.2. The Balaban J connectivity index is 1.52. The molecular weight excluding hydrogens is 326 g/mol. The van der Waals surface area contributed by atoms with Gasteiger partial charge < -0.3 is 4.52 Å². The van der Waals surface area contributed by atoms with Gasteiger partial charge in [0.2, 0.25) is 5.89 Å². The summed E-state index contributed by atoms with van der Waals surface area (Å²) in [5, 5.41) is 4.09. The van der Waals surface area contributed by atoms with Gasteiger partial charge in [0.05, 0.1) is 18.1 Å². The Morgan fingerprint density at radius 2 is 1.92 bits per heavy atom. The maximum atomic E-state index is 11.9. The third kappa shape index (κ3) is 3.67. The van der Waals surface area contributed by atoms with E-state index < -0.39 is 9.84 Å². The maximum absolute atomic E-state index is 11.9. The fraction of sp³-hybridized carbons (Fsp3) is 0.529. The van der Waals surface area contributed by atoms with Crippen molar-refractivity contribution in [3.8, 4) is 0 Å². The molecule has 2 heterocycles. The van der Waals surface area contributed by atoms with Gasteiger partial charge in [-0.25, -0.2) is 8.42 Å². The lowest BCUT2D eigenvalue weighted by molar-refractivity contribution is 0.187. The molecule has 1 unspecified atom stereocenters. The van der Waals surface area contributed by atoms with Crippen molar-refractivity contribution in [1.29, 1.82) is 0 Å². The Kier molecular flexibility index (Phi) is 4.14. The van der Waals surface area contributed by atoms with Crippen LogP contribution in [0.15, 0.2) is 34.9 Å². The Bertz CT molecular complexity index is 799. The molecule has 2 aliphatic rings. The number of benzene rings is 1. The molecule has 4 rings (SSSR count). The Morgan fingerprint density at radius 1 is 1.12 bits per heavy atom. The minimum absolute atomic E-state index is 0.0121. The molecule has 0 radical (unpaired) electrons. The minimum Gasteiger partial charge on any atom is -0.339 e. The molecule has 24 heavy (non-hydrogen) atoms. The third-order valence-electron chi connectivity index (χ3n) is 4.71. The van der Waals surface area contributed by atoms with Crippen LogP contribution in [0.4, 0.5) is 0 Å². The van der Waals surface area contributed by atoms with Crippen LogP contribution in [0.2, 0.25) is 0 Å². The lowest BCUT2D eigenvalue weighted by Gasteiger charge is -2.26. The van der Waals surface area contributed by atoms with Gasteiger partial charge in [0.25, 0.3) is 0 Å². The van der Waals surface area contributed by atoms with Gasteiger partial charge in [0, 0.05) is 18.5 Å². The van der Waals surface area contributed by atoms with E-state index in [1.807, 2.05) is 18.2 Å². The number of sulfone groups is 1. The summed E-state index contributed by atoms with van der Waals surface area (Å²) < 4.78 is 29.1. The molecule has 2 aromatic rings. The molecule has 6 nitrogen and oxygen atoms in total. The largest absolute Gasteiger partial charge is 0.339 e. The second-order valence-electron chi connectivity index (χ2n) is 6.77. The molecule has 1 atom stereocenters. The maximum Gasteiger partial charge on any atom is 0.229 e. The Morgan fingerprint density at radius 3 is 2.58 bits per heavy atom. The molecule has 1 aliphatic carbocycles. The van der Waals surface area contributed by atoms with Crippen LogP contribution in [0, 0.1) is 0 Å². The van der Waals surface area contributed by atoms with Crippen molar-refractivity contribution < 1.29 is 12.9 Å². The number of aromatic nitrogens is 2. The molecule has 1 aromatic carbocycles. The van der Waals surface area contributed by atoms with Gasteiger partial charge in [-0.05, 0) is 24.8 Å². The normalized spacial score (nSPS) is 23.0. The van der Waals surface area contributed by atoms with E-state index in [4.69, 9.17) is 4.52 Å². The lowest BCUT2D eigenvalue weighted by Crippen LogP contribution is -2.35. The Labute approximate surface area is 141 Å². The zero-order valence-corrected chi connectivity index (χ0v) is 14.3. The van der Waals surface area contributed by atoms with Crippen molar-refractivity contribution in [3.63, 3.8) is 0 Å². The summed E-state index contributed by atoms with van der Waals surface area (Å²) in [6.45, 7) is 1.21. The zero-order valence-electron chi connectivity index (χ0n) is 13.5. The van der Waals surface area contributed by atoms with Gasteiger partial charge in [-0.3, -0.25) is 4.90 Å².